The monoisotopic (exact) mass is 381 g/mol. The summed E-state index contributed by atoms with van der Waals surface area (Å²) < 4.78 is 0. The minimum atomic E-state index is -0.0639. The predicted molar refractivity (Wildman–Crippen MR) is 110 cm³/mol. The lowest BCUT2D eigenvalue weighted by Gasteiger charge is -2.42. The van der Waals surface area contributed by atoms with Crippen molar-refractivity contribution < 1.29 is 4.79 Å². The van der Waals surface area contributed by atoms with Gasteiger partial charge in [0, 0.05) is 30.4 Å². The molecule has 6 heteroatoms. The Bertz CT molecular complexity index is 766. The van der Waals surface area contributed by atoms with Crippen LogP contribution in [0.3, 0.4) is 0 Å². The van der Waals surface area contributed by atoms with Crippen molar-refractivity contribution in [3.63, 3.8) is 0 Å². The van der Waals surface area contributed by atoms with Gasteiger partial charge in [-0.1, -0.05) is 30.3 Å². The Balaban J connectivity index is 1.18. The fourth-order valence-electron chi connectivity index (χ4n) is 4.25. The number of aryl methyl sites for hydroxylation is 1. The number of aromatic amines is 1. The third kappa shape index (κ3) is 4.62. The van der Waals surface area contributed by atoms with E-state index in [0.717, 1.165) is 44.6 Å². The Kier molecular flexibility index (Phi) is 6.07. The summed E-state index contributed by atoms with van der Waals surface area (Å²) in [6, 6.07) is 11.9. The number of rotatable bonds is 7. The van der Waals surface area contributed by atoms with Gasteiger partial charge in [0.1, 0.15) is 5.69 Å². The minimum absolute atomic E-state index is 0.0639. The number of H-pyrrole nitrogens is 1. The lowest BCUT2D eigenvalue weighted by Crippen LogP contribution is -2.60. The van der Waals surface area contributed by atoms with E-state index in [9.17, 15) is 4.79 Å². The van der Waals surface area contributed by atoms with Crippen LogP contribution in [0.5, 0.6) is 0 Å². The first-order valence-electron chi connectivity index (χ1n) is 10.5. The number of nitrogens with one attached hydrogen (secondary N) is 3. The topological polar surface area (TPSA) is 73.0 Å². The molecule has 3 N–H and O–H groups in total. The number of amides is 1. The molecule has 0 bridgehead atoms. The molecule has 1 aliphatic heterocycles. The van der Waals surface area contributed by atoms with Gasteiger partial charge < -0.3 is 20.5 Å². The largest absolute Gasteiger partial charge is 0.348 e. The molecule has 2 heterocycles. The third-order valence-electron chi connectivity index (χ3n) is 6.23. The number of carbonyl (C=O) groups excluding carboxylic acids is 1. The molecule has 1 aromatic carbocycles. The molecule has 2 aliphatic rings. The van der Waals surface area contributed by atoms with E-state index >= 15 is 0 Å². The van der Waals surface area contributed by atoms with E-state index < -0.39 is 0 Å². The van der Waals surface area contributed by atoms with Gasteiger partial charge in [0.15, 0.2) is 0 Å². The minimum Gasteiger partial charge on any atom is -0.348 e. The van der Waals surface area contributed by atoms with Crippen molar-refractivity contribution in [2.45, 2.75) is 57.2 Å². The normalized spacial score (nSPS) is 23.3. The average Bonchev–Trinajstić information content (AvgIpc) is 3.15. The van der Waals surface area contributed by atoms with Crippen LogP contribution in [0, 0.1) is 6.92 Å². The SMILES string of the molecule is Cc1[nH]cnc1C(=O)N[C@@H]1CC[C@@H]1NC1CCN(CCc2ccccc2)CC1. The Morgan fingerprint density at radius 3 is 2.54 bits per heavy atom. The van der Waals surface area contributed by atoms with Gasteiger partial charge >= 0.3 is 0 Å². The summed E-state index contributed by atoms with van der Waals surface area (Å²) in [6.45, 7) is 5.33. The summed E-state index contributed by atoms with van der Waals surface area (Å²) in [4.78, 5) is 22.0. The van der Waals surface area contributed by atoms with Crippen LogP contribution >= 0.6 is 0 Å². The highest BCUT2D eigenvalue weighted by molar-refractivity contribution is 5.93. The Morgan fingerprint density at radius 1 is 1.14 bits per heavy atom. The molecule has 1 aromatic heterocycles. The molecule has 2 atom stereocenters. The second-order valence-electron chi connectivity index (χ2n) is 8.16. The lowest BCUT2D eigenvalue weighted by molar-refractivity contribution is 0.0874. The van der Waals surface area contributed by atoms with E-state index in [4.69, 9.17) is 0 Å². The number of piperidine rings is 1. The van der Waals surface area contributed by atoms with Crippen molar-refractivity contribution >= 4 is 5.91 Å². The van der Waals surface area contributed by atoms with Crippen LogP contribution in [0.15, 0.2) is 36.7 Å². The molecule has 1 aliphatic carbocycles. The molecule has 0 unspecified atom stereocenters. The summed E-state index contributed by atoms with van der Waals surface area (Å²) in [6.07, 6.45) is 7.25. The first-order chi connectivity index (χ1) is 13.7. The number of likely N-dealkylation sites (tertiary alicyclic amines) is 1. The first-order valence-corrected chi connectivity index (χ1v) is 10.5. The number of hydrogen-bond acceptors (Lipinski definition) is 4. The number of aromatic nitrogens is 2. The average molecular weight is 382 g/mol. The molecule has 4 rings (SSSR count). The summed E-state index contributed by atoms with van der Waals surface area (Å²) in [5.41, 5.74) is 2.75. The summed E-state index contributed by atoms with van der Waals surface area (Å²) >= 11 is 0. The molecule has 28 heavy (non-hydrogen) atoms. The number of benzene rings is 1. The van der Waals surface area contributed by atoms with Gasteiger partial charge in [0.2, 0.25) is 0 Å². The Morgan fingerprint density at radius 2 is 1.89 bits per heavy atom. The fraction of sp³-hybridized carbons (Fsp3) is 0.545. The van der Waals surface area contributed by atoms with E-state index in [1.807, 2.05) is 6.92 Å². The van der Waals surface area contributed by atoms with Gasteiger partial charge in [-0.25, -0.2) is 4.98 Å². The van der Waals surface area contributed by atoms with Crippen molar-refractivity contribution in [2.24, 2.45) is 0 Å². The molecular formula is C22H31N5O. The molecular weight excluding hydrogens is 350 g/mol. The van der Waals surface area contributed by atoms with Crippen LogP contribution in [0.1, 0.15) is 47.4 Å². The van der Waals surface area contributed by atoms with E-state index in [2.05, 4.69) is 55.8 Å². The van der Waals surface area contributed by atoms with Crippen molar-refractivity contribution in [3.05, 3.63) is 53.6 Å². The van der Waals surface area contributed by atoms with E-state index in [1.54, 1.807) is 6.33 Å². The van der Waals surface area contributed by atoms with Crippen molar-refractivity contribution in [2.75, 3.05) is 19.6 Å². The maximum Gasteiger partial charge on any atom is 0.272 e. The smallest absolute Gasteiger partial charge is 0.272 e. The van der Waals surface area contributed by atoms with Gasteiger partial charge in [-0.05, 0) is 57.7 Å². The molecule has 6 nitrogen and oxygen atoms in total. The van der Waals surface area contributed by atoms with Crippen LogP contribution in [0.2, 0.25) is 0 Å². The summed E-state index contributed by atoms with van der Waals surface area (Å²) in [5, 5.41) is 6.95. The van der Waals surface area contributed by atoms with Crippen molar-refractivity contribution in [1.82, 2.24) is 25.5 Å². The van der Waals surface area contributed by atoms with Crippen molar-refractivity contribution in [1.29, 1.82) is 0 Å². The van der Waals surface area contributed by atoms with Crippen molar-refractivity contribution in [3.8, 4) is 0 Å². The quantitative estimate of drug-likeness (QED) is 0.688. The highest BCUT2D eigenvalue weighted by Crippen LogP contribution is 2.23. The maximum absolute atomic E-state index is 12.4. The van der Waals surface area contributed by atoms with Gasteiger partial charge in [-0.3, -0.25) is 4.79 Å². The molecule has 1 amide bonds. The van der Waals surface area contributed by atoms with Crippen LogP contribution < -0.4 is 10.6 Å². The zero-order valence-electron chi connectivity index (χ0n) is 16.7. The standard InChI is InChI=1S/C22H31N5O/c1-16-21(24-15-23-16)22(28)26-20-8-7-19(20)25-18-10-13-27(14-11-18)12-9-17-5-3-2-4-6-17/h2-6,15,18-20,25H,7-14H2,1H3,(H,23,24)(H,26,28)/t19-,20+/m0/s1. The second-order valence-corrected chi connectivity index (χ2v) is 8.16. The lowest BCUT2D eigenvalue weighted by atomic mass is 9.85. The van der Waals surface area contributed by atoms with E-state index in [1.165, 1.54) is 18.4 Å². The molecule has 1 saturated carbocycles. The highest BCUT2D eigenvalue weighted by Gasteiger charge is 2.34. The number of imidazole rings is 1. The highest BCUT2D eigenvalue weighted by atomic mass is 16.2. The summed E-state index contributed by atoms with van der Waals surface area (Å²) in [7, 11) is 0. The first kappa shape index (κ1) is 19.2. The second kappa shape index (κ2) is 8.88. The van der Waals surface area contributed by atoms with Gasteiger partial charge in [0.05, 0.1) is 6.33 Å². The van der Waals surface area contributed by atoms with Crippen LogP contribution in [-0.2, 0) is 6.42 Å². The van der Waals surface area contributed by atoms with Gasteiger partial charge in [-0.2, -0.15) is 0 Å². The number of hydrogen-bond donors (Lipinski definition) is 3. The molecule has 0 spiro atoms. The summed E-state index contributed by atoms with van der Waals surface area (Å²) in [5.74, 6) is -0.0639. The zero-order chi connectivity index (χ0) is 19.3. The third-order valence-corrected chi connectivity index (χ3v) is 6.23. The number of carbonyl (C=O) groups is 1. The number of nitrogens with zero attached hydrogens (tertiary/aromatic N) is 2. The van der Waals surface area contributed by atoms with Gasteiger partial charge in [-0.15, -0.1) is 0 Å². The predicted octanol–water partition coefficient (Wildman–Crippen LogP) is 2.28. The fourth-order valence-corrected chi connectivity index (χ4v) is 4.25. The molecule has 0 radical (unpaired) electrons. The van der Waals surface area contributed by atoms with Gasteiger partial charge in [0.25, 0.3) is 5.91 Å². The molecule has 2 fully saturated rings. The Labute approximate surface area is 167 Å². The van der Waals surface area contributed by atoms with Crippen LogP contribution in [-0.4, -0.2) is 58.5 Å². The van der Waals surface area contributed by atoms with Crippen LogP contribution in [0.25, 0.3) is 0 Å². The molecule has 150 valence electrons. The zero-order valence-corrected chi connectivity index (χ0v) is 16.7. The molecule has 2 aromatic rings. The van der Waals surface area contributed by atoms with E-state index in [0.29, 0.717) is 17.8 Å². The molecule has 1 saturated heterocycles. The van der Waals surface area contributed by atoms with E-state index in [-0.39, 0.29) is 11.9 Å². The maximum atomic E-state index is 12.4. The Hall–Kier alpha value is -2.18. The van der Waals surface area contributed by atoms with Crippen LogP contribution in [0.4, 0.5) is 0 Å².